The number of carbonyl (C=O) groups excluding carboxylic acids is 2. The number of nitrogens with zero attached hydrogens (tertiary/aromatic N) is 3. The van der Waals surface area contributed by atoms with Gasteiger partial charge in [0, 0.05) is 32.4 Å². The first kappa shape index (κ1) is 23.7. The smallest absolute Gasteiger partial charge is 0.272 e. The lowest BCUT2D eigenvalue weighted by Crippen LogP contribution is -2.48. The minimum Gasteiger partial charge on any atom is -0.338 e. The van der Waals surface area contributed by atoms with Crippen LogP contribution >= 0.6 is 11.3 Å². The summed E-state index contributed by atoms with van der Waals surface area (Å²) in [5, 5.41) is 2.20. The molecule has 0 N–H and O–H groups in total. The fourth-order valence-electron chi connectivity index (χ4n) is 5.63. The molecule has 0 saturated carbocycles. The summed E-state index contributed by atoms with van der Waals surface area (Å²) < 4.78 is 0. The van der Waals surface area contributed by atoms with Crippen LogP contribution in [0.3, 0.4) is 0 Å². The average Bonchev–Trinajstić information content (AvgIpc) is 3.36. The Balaban J connectivity index is 1.30. The molecule has 0 spiro atoms. The van der Waals surface area contributed by atoms with Gasteiger partial charge in [-0.15, -0.1) is 11.3 Å². The summed E-state index contributed by atoms with van der Waals surface area (Å²) in [5.41, 5.74) is 4.39. The number of rotatable bonds is 6. The molecule has 35 heavy (non-hydrogen) atoms. The van der Waals surface area contributed by atoms with E-state index in [1.807, 2.05) is 35.0 Å². The van der Waals surface area contributed by atoms with Gasteiger partial charge in [0.2, 0.25) is 0 Å². The van der Waals surface area contributed by atoms with Crippen molar-refractivity contribution in [2.24, 2.45) is 5.92 Å². The monoisotopic (exact) mass is 487 g/mol. The van der Waals surface area contributed by atoms with E-state index < -0.39 is 0 Å². The molecule has 0 bridgehead atoms. The largest absolute Gasteiger partial charge is 0.338 e. The highest BCUT2D eigenvalue weighted by atomic mass is 32.1. The summed E-state index contributed by atoms with van der Waals surface area (Å²) >= 11 is 1.63. The third-order valence-corrected chi connectivity index (χ3v) is 8.72. The minimum atomic E-state index is -0.0461. The van der Waals surface area contributed by atoms with Gasteiger partial charge in [0.15, 0.2) is 0 Å². The highest BCUT2D eigenvalue weighted by molar-refractivity contribution is 7.12. The van der Waals surface area contributed by atoms with Crippen LogP contribution in [-0.4, -0.2) is 52.8 Å². The molecular formula is C29H33N3O2S. The summed E-state index contributed by atoms with van der Waals surface area (Å²) in [6, 6.07) is 15.9. The highest BCUT2D eigenvalue weighted by Crippen LogP contribution is 2.33. The topological polar surface area (TPSA) is 53.5 Å². The zero-order valence-corrected chi connectivity index (χ0v) is 21.2. The number of piperidine rings is 1. The Labute approximate surface area is 211 Å². The van der Waals surface area contributed by atoms with Gasteiger partial charge < -0.3 is 9.80 Å². The van der Waals surface area contributed by atoms with Gasteiger partial charge in [0.1, 0.15) is 5.69 Å². The van der Waals surface area contributed by atoms with E-state index in [0.29, 0.717) is 11.6 Å². The Morgan fingerprint density at radius 1 is 1.06 bits per heavy atom. The lowest BCUT2D eigenvalue weighted by atomic mass is 9.84. The summed E-state index contributed by atoms with van der Waals surface area (Å²) in [6.07, 6.45) is 8.83. The molecule has 6 heteroatoms. The molecule has 1 fully saturated rings. The van der Waals surface area contributed by atoms with Gasteiger partial charge in [-0.2, -0.15) is 0 Å². The van der Waals surface area contributed by atoms with Crippen molar-refractivity contribution in [1.29, 1.82) is 0 Å². The molecule has 1 saturated heterocycles. The molecule has 3 heterocycles. The number of benzene rings is 1. The third kappa shape index (κ3) is 5.18. The Hall–Kier alpha value is -2.99. The number of fused-ring (bicyclic) bond motifs is 1. The van der Waals surface area contributed by atoms with Crippen LogP contribution in [0.5, 0.6) is 0 Å². The van der Waals surface area contributed by atoms with E-state index in [-0.39, 0.29) is 17.9 Å². The number of aryl methyl sites for hydroxylation is 1. The predicted molar refractivity (Wildman–Crippen MR) is 140 cm³/mol. The molecule has 2 aromatic heterocycles. The van der Waals surface area contributed by atoms with E-state index in [9.17, 15) is 9.59 Å². The molecule has 1 atom stereocenters. The van der Waals surface area contributed by atoms with Crippen LogP contribution in [0.4, 0.5) is 0 Å². The van der Waals surface area contributed by atoms with Crippen LogP contribution in [0.1, 0.15) is 62.5 Å². The van der Waals surface area contributed by atoms with Gasteiger partial charge in [0.05, 0.1) is 4.88 Å². The van der Waals surface area contributed by atoms with Gasteiger partial charge in [-0.25, -0.2) is 0 Å². The molecule has 0 radical (unpaired) electrons. The zero-order chi connectivity index (χ0) is 24.2. The number of pyridine rings is 1. The van der Waals surface area contributed by atoms with Crippen molar-refractivity contribution < 1.29 is 9.59 Å². The molecule has 3 aromatic rings. The number of likely N-dealkylation sites (N-methyl/N-ethyl adjacent to an activating group) is 1. The summed E-state index contributed by atoms with van der Waals surface area (Å²) in [6.45, 7) is 1.49. The zero-order valence-electron chi connectivity index (χ0n) is 20.4. The second-order valence-electron chi connectivity index (χ2n) is 9.79. The van der Waals surface area contributed by atoms with E-state index in [1.165, 1.54) is 29.5 Å². The number of carbonyl (C=O) groups is 2. The highest BCUT2D eigenvalue weighted by Gasteiger charge is 2.34. The molecule has 1 aliphatic heterocycles. The normalized spacial score (nSPS) is 17.0. The van der Waals surface area contributed by atoms with Crippen molar-refractivity contribution in [3.8, 4) is 0 Å². The van der Waals surface area contributed by atoms with Crippen molar-refractivity contribution in [3.05, 3.63) is 87.4 Å². The number of hydrogen-bond acceptors (Lipinski definition) is 4. The van der Waals surface area contributed by atoms with Crippen LogP contribution < -0.4 is 0 Å². The van der Waals surface area contributed by atoms with E-state index in [1.54, 1.807) is 23.6 Å². The van der Waals surface area contributed by atoms with Gasteiger partial charge in [-0.05, 0) is 85.1 Å². The van der Waals surface area contributed by atoms with Crippen LogP contribution in [-0.2, 0) is 19.3 Å². The summed E-state index contributed by atoms with van der Waals surface area (Å²) in [7, 11) is 1.90. The Bertz CT molecular complexity index is 1150. The summed E-state index contributed by atoms with van der Waals surface area (Å²) in [4.78, 5) is 35.8. The Kier molecular flexibility index (Phi) is 7.28. The Morgan fingerprint density at radius 2 is 1.80 bits per heavy atom. The maximum Gasteiger partial charge on any atom is 0.272 e. The van der Waals surface area contributed by atoms with Crippen LogP contribution in [0, 0.1) is 5.92 Å². The maximum absolute atomic E-state index is 13.4. The van der Waals surface area contributed by atoms with Crippen molar-refractivity contribution in [2.45, 2.75) is 51.0 Å². The predicted octanol–water partition coefficient (Wildman–Crippen LogP) is 5.26. The average molecular weight is 488 g/mol. The molecule has 5 nitrogen and oxygen atoms in total. The first-order valence-electron chi connectivity index (χ1n) is 12.7. The summed E-state index contributed by atoms with van der Waals surface area (Å²) in [5.74, 6) is 0.485. The molecule has 2 aliphatic rings. The lowest BCUT2D eigenvalue weighted by molar-refractivity contribution is 0.0520. The molecule has 1 unspecified atom stereocenters. The number of hydrogen-bond donors (Lipinski definition) is 0. The number of aromatic nitrogens is 1. The molecule has 1 aromatic carbocycles. The fourth-order valence-corrected chi connectivity index (χ4v) is 6.75. The molecule has 182 valence electrons. The maximum atomic E-state index is 13.4. The van der Waals surface area contributed by atoms with Gasteiger partial charge in [-0.3, -0.25) is 14.6 Å². The second-order valence-corrected chi connectivity index (χ2v) is 10.7. The Morgan fingerprint density at radius 3 is 2.54 bits per heavy atom. The number of likely N-dealkylation sites (tertiary alicyclic amines) is 1. The van der Waals surface area contributed by atoms with Crippen molar-refractivity contribution >= 4 is 23.2 Å². The standard InChI is InChI=1S/C29H33N3O2S/c1-31(28(33)25-13-7-8-16-30-25)26(19-21-9-3-2-4-10-21)22-14-17-32(18-15-22)29(34)27-24-12-6-5-11-23(24)20-35-27/h2-4,7-10,13,16,20,22,26H,5-6,11-12,14-15,17-19H2,1H3. The molecular weight excluding hydrogens is 454 g/mol. The second kappa shape index (κ2) is 10.7. The van der Waals surface area contributed by atoms with E-state index in [0.717, 1.165) is 50.1 Å². The first-order valence-corrected chi connectivity index (χ1v) is 13.6. The minimum absolute atomic E-state index is 0.0461. The number of thiophene rings is 1. The van der Waals surface area contributed by atoms with E-state index in [2.05, 4.69) is 34.6 Å². The lowest BCUT2D eigenvalue weighted by Gasteiger charge is -2.40. The fraction of sp³-hybridized carbons (Fsp3) is 0.414. The van der Waals surface area contributed by atoms with Crippen molar-refractivity contribution in [1.82, 2.24) is 14.8 Å². The SMILES string of the molecule is CN(C(=O)c1ccccn1)C(Cc1ccccc1)C1CCN(C(=O)c2scc3c2CCCC3)CC1. The van der Waals surface area contributed by atoms with Gasteiger partial charge in [0.25, 0.3) is 11.8 Å². The third-order valence-electron chi connectivity index (χ3n) is 7.66. The first-order chi connectivity index (χ1) is 17.1. The van der Waals surface area contributed by atoms with Crippen LogP contribution in [0.25, 0.3) is 0 Å². The molecule has 2 amide bonds. The number of amides is 2. The molecule has 5 rings (SSSR count). The molecule has 1 aliphatic carbocycles. The van der Waals surface area contributed by atoms with E-state index >= 15 is 0 Å². The van der Waals surface area contributed by atoms with Crippen molar-refractivity contribution in [3.63, 3.8) is 0 Å². The van der Waals surface area contributed by atoms with Crippen molar-refractivity contribution in [2.75, 3.05) is 20.1 Å². The van der Waals surface area contributed by atoms with Crippen LogP contribution in [0.2, 0.25) is 0 Å². The van der Waals surface area contributed by atoms with Gasteiger partial charge >= 0.3 is 0 Å². The van der Waals surface area contributed by atoms with Crippen LogP contribution in [0.15, 0.2) is 60.1 Å². The van der Waals surface area contributed by atoms with E-state index in [4.69, 9.17) is 0 Å². The van der Waals surface area contributed by atoms with Gasteiger partial charge in [-0.1, -0.05) is 36.4 Å². The quantitative estimate of drug-likeness (QED) is 0.477.